The Bertz CT molecular complexity index is 599. The topological polar surface area (TPSA) is 79.6 Å². The van der Waals surface area contributed by atoms with Crippen LogP contribution in [-0.4, -0.2) is 59.6 Å². The van der Waals surface area contributed by atoms with Crippen LogP contribution in [0.3, 0.4) is 0 Å². The Hall–Kier alpha value is -2.36. The van der Waals surface area contributed by atoms with Crippen LogP contribution in [0.25, 0.3) is 0 Å². The molecule has 0 saturated carbocycles. The molecule has 24 heavy (non-hydrogen) atoms. The number of hydrogen-bond acceptors (Lipinski definition) is 5. The maximum atomic E-state index is 12.4. The predicted molar refractivity (Wildman–Crippen MR) is 91.7 cm³/mol. The molecule has 0 bridgehead atoms. The van der Waals surface area contributed by atoms with Gasteiger partial charge in [-0.15, -0.1) is 0 Å². The lowest BCUT2D eigenvalue weighted by Gasteiger charge is -2.34. The van der Waals surface area contributed by atoms with Crippen molar-refractivity contribution in [3.8, 4) is 6.07 Å². The maximum Gasteiger partial charge on any atom is 0.266 e. The van der Waals surface area contributed by atoms with Crippen molar-refractivity contribution in [2.45, 2.75) is 19.6 Å². The van der Waals surface area contributed by atoms with Crippen molar-refractivity contribution < 1.29 is 9.90 Å². The monoisotopic (exact) mass is 328 g/mol. The first-order valence-electron chi connectivity index (χ1n) is 8.17. The standard InChI is InChI=1S/C18H24N4O2/c1-15(23)12-20-13-17(11-19)18(24)22-9-7-21(8-10-22)14-16-5-3-2-4-6-16/h2-6,13,15,20,23H,7-10,12,14H2,1H3/b17-13-. The zero-order valence-electron chi connectivity index (χ0n) is 14.0. The largest absolute Gasteiger partial charge is 0.392 e. The zero-order valence-corrected chi connectivity index (χ0v) is 14.0. The van der Waals surface area contributed by atoms with E-state index < -0.39 is 6.10 Å². The number of aliphatic hydroxyl groups excluding tert-OH is 1. The molecule has 1 heterocycles. The second kappa shape index (κ2) is 9.06. The van der Waals surface area contributed by atoms with Gasteiger partial charge in [-0.3, -0.25) is 9.69 Å². The summed E-state index contributed by atoms with van der Waals surface area (Å²) in [5, 5.41) is 21.2. The fraction of sp³-hybridized carbons (Fsp3) is 0.444. The van der Waals surface area contributed by atoms with Crippen LogP contribution in [-0.2, 0) is 11.3 Å². The Morgan fingerprint density at radius 3 is 2.58 bits per heavy atom. The van der Waals surface area contributed by atoms with Gasteiger partial charge in [0.05, 0.1) is 6.10 Å². The average molecular weight is 328 g/mol. The highest BCUT2D eigenvalue weighted by molar-refractivity contribution is 5.97. The molecule has 1 amide bonds. The van der Waals surface area contributed by atoms with E-state index in [-0.39, 0.29) is 11.5 Å². The van der Waals surface area contributed by atoms with Crippen LogP contribution in [0.15, 0.2) is 42.1 Å². The number of carbonyl (C=O) groups is 1. The molecule has 1 aliphatic heterocycles. The summed E-state index contributed by atoms with van der Waals surface area (Å²) in [7, 11) is 0. The normalized spacial score (nSPS) is 17.2. The lowest BCUT2D eigenvalue weighted by atomic mass is 10.2. The van der Waals surface area contributed by atoms with E-state index in [0.29, 0.717) is 19.6 Å². The molecule has 0 aromatic heterocycles. The summed E-state index contributed by atoms with van der Waals surface area (Å²) in [6.07, 6.45) is 0.864. The van der Waals surface area contributed by atoms with Crippen LogP contribution in [0.4, 0.5) is 0 Å². The lowest BCUT2D eigenvalue weighted by molar-refractivity contribution is -0.128. The molecule has 1 aromatic carbocycles. The molecule has 2 N–H and O–H groups in total. The predicted octanol–water partition coefficient (Wildman–Crippen LogP) is 0.709. The minimum absolute atomic E-state index is 0.0761. The van der Waals surface area contributed by atoms with Crippen LogP contribution < -0.4 is 5.32 Å². The number of amides is 1. The number of hydrogen-bond donors (Lipinski definition) is 2. The van der Waals surface area contributed by atoms with E-state index in [1.807, 2.05) is 24.3 Å². The van der Waals surface area contributed by atoms with Crippen molar-refractivity contribution in [3.63, 3.8) is 0 Å². The summed E-state index contributed by atoms with van der Waals surface area (Å²) < 4.78 is 0. The molecular formula is C18H24N4O2. The summed E-state index contributed by atoms with van der Waals surface area (Å²) in [4.78, 5) is 16.4. The van der Waals surface area contributed by atoms with E-state index in [1.165, 1.54) is 11.8 Å². The minimum Gasteiger partial charge on any atom is -0.392 e. The number of nitriles is 1. The van der Waals surface area contributed by atoms with Gasteiger partial charge < -0.3 is 15.3 Å². The summed E-state index contributed by atoms with van der Waals surface area (Å²) in [6, 6.07) is 12.2. The quantitative estimate of drug-likeness (QED) is 0.594. The SMILES string of the molecule is CC(O)CN/C=C(/C#N)C(=O)N1CCN(Cc2ccccc2)CC1. The molecule has 2 rings (SSSR count). The summed E-state index contributed by atoms with van der Waals surface area (Å²) in [6.45, 7) is 5.63. The summed E-state index contributed by atoms with van der Waals surface area (Å²) >= 11 is 0. The van der Waals surface area contributed by atoms with Crippen LogP contribution in [0.2, 0.25) is 0 Å². The number of aliphatic hydroxyl groups is 1. The second-order valence-corrected chi connectivity index (χ2v) is 5.98. The maximum absolute atomic E-state index is 12.4. The average Bonchev–Trinajstić information content (AvgIpc) is 2.59. The molecule has 0 spiro atoms. The van der Waals surface area contributed by atoms with Gasteiger partial charge >= 0.3 is 0 Å². The Morgan fingerprint density at radius 2 is 2.00 bits per heavy atom. The zero-order chi connectivity index (χ0) is 17.4. The van der Waals surface area contributed by atoms with Crippen molar-refractivity contribution in [1.82, 2.24) is 15.1 Å². The van der Waals surface area contributed by atoms with Crippen LogP contribution in [0.1, 0.15) is 12.5 Å². The molecule has 6 heteroatoms. The molecule has 1 fully saturated rings. The van der Waals surface area contributed by atoms with Crippen LogP contribution >= 0.6 is 0 Å². The number of piperazine rings is 1. The van der Waals surface area contributed by atoms with E-state index >= 15 is 0 Å². The fourth-order valence-corrected chi connectivity index (χ4v) is 2.59. The van der Waals surface area contributed by atoms with Gasteiger partial charge in [0.25, 0.3) is 5.91 Å². The van der Waals surface area contributed by atoms with Crippen molar-refractivity contribution in [1.29, 1.82) is 5.26 Å². The van der Waals surface area contributed by atoms with Crippen LogP contribution in [0.5, 0.6) is 0 Å². The molecule has 1 atom stereocenters. The first-order chi connectivity index (χ1) is 11.6. The number of nitrogens with zero attached hydrogens (tertiary/aromatic N) is 3. The van der Waals surface area contributed by atoms with Crippen molar-refractivity contribution >= 4 is 5.91 Å². The molecule has 1 saturated heterocycles. The van der Waals surface area contributed by atoms with E-state index in [4.69, 9.17) is 5.26 Å². The Morgan fingerprint density at radius 1 is 1.33 bits per heavy atom. The van der Waals surface area contributed by atoms with E-state index in [9.17, 15) is 9.90 Å². The molecule has 128 valence electrons. The van der Waals surface area contributed by atoms with E-state index in [1.54, 1.807) is 11.8 Å². The highest BCUT2D eigenvalue weighted by Gasteiger charge is 2.23. The molecule has 0 aliphatic carbocycles. The summed E-state index contributed by atoms with van der Waals surface area (Å²) in [5.41, 5.74) is 1.34. The van der Waals surface area contributed by atoms with Gasteiger partial charge in [0.15, 0.2) is 0 Å². The third-order valence-electron chi connectivity index (χ3n) is 3.92. The van der Waals surface area contributed by atoms with Gasteiger partial charge in [0.2, 0.25) is 0 Å². The molecular weight excluding hydrogens is 304 g/mol. The second-order valence-electron chi connectivity index (χ2n) is 5.98. The highest BCUT2D eigenvalue weighted by Crippen LogP contribution is 2.10. The van der Waals surface area contributed by atoms with Crippen LogP contribution in [0, 0.1) is 11.3 Å². The Kier molecular flexibility index (Phi) is 6.79. The number of benzene rings is 1. The Balaban J connectivity index is 1.84. The molecule has 6 nitrogen and oxygen atoms in total. The minimum atomic E-state index is -0.530. The van der Waals surface area contributed by atoms with Gasteiger partial charge in [0.1, 0.15) is 11.6 Å². The summed E-state index contributed by atoms with van der Waals surface area (Å²) in [5.74, 6) is -0.255. The first kappa shape index (κ1) is 18.0. The highest BCUT2D eigenvalue weighted by atomic mass is 16.3. The van der Waals surface area contributed by atoms with Gasteiger partial charge in [-0.25, -0.2) is 0 Å². The molecule has 1 aromatic rings. The fourth-order valence-electron chi connectivity index (χ4n) is 2.59. The molecule has 1 unspecified atom stereocenters. The number of carbonyl (C=O) groups excluding carboxylic acids is 1. The third-order valence-corrected chi connectivity index (χ3v) is 3.92. The van der Waals surface area contributed by atoms with Crippen molar-refractivity contribution in [2.24, 2.45) is 0 Å². The molecule has 1 aliphatic rings. The first-order valence-corrected chi connectivity index (χ1v) is 8.17. The van der Waals surface area contributed by atoms with Gasteiger partial charge in [-0.1, -0.05) is 30.3 Å². The van der Waals surface area contributed by atoms with Crippen molar-refractivity contribution in [3.05, 3.63) is 47.7 Å². The van der Waals surface area contributed by atoms with Crippen molar-refractivity contribution in [2.75, 3.05) is 32.7 Å². The molecule has 0 radical (unpaired) electrons. The third kappa shape index (κ3) is 5.37. The van der Waals surface area contributed by atoms with E-state index in [2.05, 4.69) is 22.3 Å². The van der Waals surface area contributed by atoms with Gasteiger partial charge in [-0.2, -0.15) is 5.26 Å². The smallest absolute Gasteiger partial charge is 0.266 e. The number of nitrogens with one attached hydrogen (secondary N) is 1. The Labute approximate surface area is 143 Å². The van der Waals surface area contributed by atoms with E-state index in [0.717, 1.165) is 19.6 Å². The van der Waals surface area contributed by atoms with Gasteiger partial charge in [0, 0.05) is 45.5 Å². The lowest BCUT2D eigenvalue weighted by Crippen LogP contribution is -2.48. The number of rotatable bonds is 6. The van der Waals surface area contributed by atoms with Gasteiger partial charge in [-0.05, 0) is 12.5 Å².